The van der Waals surface area contributed by atoms with Crippen LogP contribution in [-0.4, -0.2) is 71.6 Å². The zero-order valence-corrected chi connectivity index (χ0v) is 24.4. The van der Waals surface area contributed by atoms with Crippen LogP contribution in [0.25, 0.3) is 0 Å². The predicted molar refractivity (Wildman–Crippen MR) is 153 cm³/mol. The van der Waals surface area contributed by atoms with Crippen LogP contribution in [0.5, 0.6) is 0 Å². The molecule has 0 spiro atoms. The standard InChI is InChI=1S/C13H22O2.C9H8FNO2.C8H15N3O2/c1-3-5-6-7-8-9-11-10-12(11)13(14)15-4-2;10-8-3-1-2-6-4-11(9(12)13)5-7(6)8;1-10-8(13)6-3-2-4-11(6)7(12)5-9/h8-9,11-12H,3-7,10H2,1-2H3;1-3H,4-5H2,(H,12,13);6H,2-5,9H2,1H3,(H,10,13)/b9-8-;;/t11?,12-;;/m0../s1. The third kappa shape index (κ3) is 10.5. The van der Waals surface area contributed by atoms with Gasteiger partial charge in [0.1, 0.15) is 11.9 Å². The first-order valence-electron chi connectivity index (χ1n) is 14.5. The maximum atomic E-state index is 13.1. The van der Waals surface area contributed by atoms with E-state index in [-0.39, 0.29) is 48.7 Å². The average molecular weight is 577 g/mol. The molecule has 3 atom stereocenters. The highest BCUT2D eigenvalue weighted by Gasteiger charge is 2.42. The van der Waals surface area contributed by atoms with Gasteiger partial charge in [0, 0.05) is 25.7 Å². The van der Waals surface area contributed by atoms with Crippen LogP contribution in [0.15, 0.2) is 30.4 Å². The number of halogens is 1. The number of carbonyl (C=O) groups excluding carboxylic acids is 3. The van der Waals surface area contributed by atoms with Crippen LogP contribution in [0.3, 0.4) is 0 Å². The normalized spacial score (nSPS) is 20.4. The molecule has 1 saturated carbocycles. The van der Waals surface area contributed by atoms with Crippen LogP contribution in [0.2, 0.25) is 0 Å². The van der Waals surface area contributed by atoms with E-state index in [2.05, 4.69) is 24.4 Å². The third-order valence-electron chi connectivity index (χ3n) is 7.28. The number of amides is 3. The predicted octanol–water partition coefficient (Wildman–Crippen LogP) is 3.82. The van der Waals surface area contributed by atoms with Crippen LogP contribution in [0, 0.1) is 17.7 Å². The molecule has 2 fully saturated rings. The Labute approximate surface area is 242 Å². The lowest BCUT2D eigenvalue weighted by atomic mass is 10.1. The van der Waals surface area contributed by atoms with E-state index in [9.17, 15) is 23.6 Å². The number of likely N-dealkylation sites (N-methyl/N-ethyl adjacent to an activating group) is 1. The number of nitrogens with two attached hydrogens (primary N) is 1. The highest BCUT2D eigenvalue weighted by Crippen LogP contribution is 2.40. The quantitative estimate of drug-likeness (QED) is 0.230. The van der Waals surface area contributed by atoms with Crippen LogP contribution in [0.1, 0.15) is 69.9 Å². The van der Waals surface area contributed by atoms with E-state index in [1.165, 1.54) is 30.2 Å². The molecule has 41 heavy (non-hydrogen) atoms. The van der Waals surface area contributed by atoms with Gasteiger partial charge in [-0.15, -0.1) is 0 Å². The van der Waals surface area contributed by atoms with E-state index in [4.69, 9.17) is 15.6 Å². The number of fused-ring (bicyclic) bond motifs is 1. The molecule has 11 heteroatoms. The number of nitrogens with one attached hydrogen (secondary N) is 1. The lowest BCUT2D eigenvalue weighted by Crippen LogP contribution is -2.46. The summed E-state index contributed by atoms with van der Waals surface area (Å²) in [6.07, 6.45) is 11.0. The molecular weight excluding hydrogens is 531 g/mol. The largest absolute Gasteiger partial charge is 0.466 e. The average Bonchev–Trinajstić information content (AvgIpc) is 3.34. The number of carbonyl (C=O) groups is 4. The molecule has 0 aromatic heterocycles. The minimum Gasteiger partial charge on any atom is -0.466 e. The number of hydrogen-bond acceptors (Lipinski definition) is 6. The Balaban J connectivity index is 0.000000216. The number of esters is 1. The van der Waals surface area contributed by atoms with Crippen molar-refractivity contribution in [2.45, 2.75) is 77.9 Å². The number of ether oxygens (including phenoxy) is 1. The van der Waals surface area contributed by atoms with Crippen molar-refractivity contribution in [2.24, 2.45) is 17.6 Å². The van der Waals surface area contributed by atoms with Crippen LogP contribution in [0.4, 0.5) is 9.18 Å². The first kappa shape index (κ1) is 33.7. The zero-order valence-electron chi connectivity index (χ0n) is 24.4. The van der Waals surface area contributed by atoms with Gasteiger partial charge in [-0.05, 0) is 56.6 Å². The summed E-state index contributed by atoms with van der Waals surface area (Å²) in [5.74, 6) is 0.0467. The summed E-state index contributed by atoms with van der Waals surface area (Å²) in [5, 5.41) is 11.2. The first-order valence-corrected chi connectivity index (χ1v) is 14.5. The Bertz CT molecular complexity index is 1040. The van der Waals surface area contributed by atoms with Crippen molar-refractivity contribution in [3.63, 3.8) is 0 Å². The SMILES string of the molecule is CCCCC/C=C\C1C[C@@H]1C(=O)OCC.CNC(=O)C1CCCN1C(=O)CN.O=C(O)N1Cc2cccc(F)c2C1. The Morgan fingerprint density at radius 3 is 2.56 bits per heavy atom. The van der Waals surface area contributed by atoms with Crippen LogP contribution < -0.4 is 11.1 Å². The van der Waals surface area contributed by atoms with E-state index in [1.807, 2.05) is 6.92 Å². The minimum atomic E-state index is -1.00. The number of nitrogens with zero attached hydrogens (tertiary/aromatic N) is 2. The van der Waals surface area contributed by atoms with E-state index >= 15 is 0 Å². The summed E-state index contributed by atoms with van der Waals surface area (Å²) < 4.78 is 18.1. The Hall–Kier alpha value is -3.47. The minimum absolute atomic E-state index is 0.0132. The Morgan fingerprint density at radius 1 is 1.20 bits per heavy atom. The summed E-state index contributed by atoms with van der Waals surface area (Å²) >= 11 is 0. The third-order valence-corrected chi connectivity index (χ3v) is 7.28. The zero-order chi connectivity index (χ0) is 30.4. The fourth-order valence-corrected chi connectivity index (χ4v) is 4.87. The number of benzene rings is 1. The van der Waals surface area contributed by atoms with E-state index in [0.717, 1.165) is 31.2 Å². The van der Waals surface area contributed by atoms with Crippen molar-refractivity contribution >= 4 is 23.9 Å². The molecule has 1 aliphatic carbocycles. The molecule has 4 rings (SSSR count). The number of rotatable bonds is 9. The van der Waals surface area contributed by atoms with Crippen molar-refractivity contribution in [1.29, 1.82) is 0 Å². The molecule has 2 heterocycles. The number of unbranched alkanes of at least 4 members (excludes halogenated alkanes) is 3. The summed E-state index contributed by atoms with van der Waals surface area (Å²) in [6, 6.07) is 4.39. The summed E-state index contributed by atoms with van der Waals surface area (Å²) in [7, 11) is 1.58. The molecule has 2 aliphatic heterocycles. The molecule has 1 aromatic rings. The molecule has 1 aromatic carbocycles. The van der Waals surface area contributed by atoms with E-state index in [0.29, 0.717) is 31.2 Å². The maximum absolute atomic E-state index is 13.1. The van der Waals surface area contributed by atoms with Gasteiger partial charge in [-0.25, -0.2) is 9.18 Å². The molecule has 0 radical (unpaired) electrons. The lowest BCUT2D eigenvalue weighted by molar-refractivity contribution is -0.144. The highest BCUT2D eigenvalue weighted by molar-refractivity contribution is 5.88. The topological polar surface area (TPSA) is 142 Å². The van der Waals surface area contributed by atoms with Gasteiger partial charge in [-0.2, -0.15) is 0 Å². The van der Waals surface area contributed by atoms with E-state index in [1.54, 1.807) is 24.1 Å². The van der Waals surface area contributed by atoms with Crippen LogP contribution in [-0.2, 0) is 32.2 Å². The van der Waals surface area contributed by atoms with Gasteiger partial charge in [0.2, 0.25) is 11.8 Å². The van der Waals surface area contributed by atoms with Crippen molar-refractivity contribution in [3.05, 3.63) is 47.3 Å². The second-order valence-corrected chi connectivity index (χ2v) is 10.3. The number of likely N-dealkylation sites (tertiary alicyclic amines) is 1. The highest BCUT2D eigenvalue weighted by atomic mass is 19.1. The van der Waals surface area contributed by atoms with Gasteiger partial charge in [0.25, 0.3) is 0 Å². The second kappa shape index (κ2) is 17.4. The van der Waals surface area contributed by atoms with Gasteiger partial charge in [0.15, 0.2) is 0 Å². The molecular formula is C30H45FN4O6. The number of carboxylic acid groups (broad SMARTS) is 1. The molecule has 4 N–H and O–H groups in total. The molecule has 3 aliphatic rings. The van der Waals surface area contributed by atoms with Gasteiger partial charge >= 0.3 is 12.1 Å². The number of allylic oxidation sites excluding steroid dienone is 2. The molecule has 10 nitrogen and oxygen atoms in total. The fraction of sp³-hybridized carbons (Fsp3) is 0.600. The van der Waals surface area contributed by atoms with Crippen molar-refractivity contribution < 1.29 is 33.4 Å². The van der Waals surface area contributed by atoms with Crippen LogP contribution >= 0.6 is 0 Å². The lowest BCUT2D eigenvalue weighted by Gasteiger charge is -2.22. The number of hydrogen-bond donors (Lipinski definition) is 3. The van der Waals surface area contributed by atoms with E-state index < -0.39 is 6.09 Å². The summed E-state index contributed by atoms with van der Waals surface area (Å²) in [6.45, 7) is 5.65. The van der Waals surface area contributed by atoms with Gasteiger partial charge in [0.05, 0.1) is 25.6 Å². The molecule has 3 amide bonds. The second-order valence-electron chi connectivity index (χ2n) is 10.3. The summed E-state index contributed by atoms with van der Waals surface area (Å²) in [4.78, 5) is 47.2. The summed E-state index contributed by atoms with van der Waals surface area (Å²) in [5.41, 5.74) is 6.50. The molecule has 228 valence electrons. The monoisotopic (exact) mass is 576 g/mol. The Morgan fingerprint density at radius 2 is 1.95 bits per heavy atom. The van der Waals surface area contributed by atoms with Gasteiger partial charge < -0.3 is 25.8 Å². The molecule has 0 bridgehead atoms. The van der Waals surface area contributed by atoms with Crippen molar-refractivity contribution in [2.75, 3.05) is 26.7 Å². The molecule has 2 unspecified atom stereocenters. The maximum Gasteiger partial charge on any atom is 0.407 e. The van der Waals surface area contributed by atoms with Crippen molar-refractivity contribution in [1.82, 2.24) is 15.1 Å². The smallest absolute Gasteiger partial charge is 0.407 e. The Kier molecular flexibility index (Phi) is 14.3. The van der Waals surface area contributed by atoms with Crippen molar-refractivity contribution in [3.8, 4) is 0 Å². The van der Waals surface area contributed by atoms with Gasteiger partial charge in [-0.3, -0.25) is 19.3 Å². The first-order chi connectivity index (χ1) is 19.7. The van der Waals surface area contributed by atoms with Gasteiger partial charge in [-0.1, -0.05) is 44.1 Å². The fourth-order valence-electron chi connectivity index (χ4n) is 4.87. The molecule has 1 saturated heterocycles.